The van der Waals surface area contributed by atoms with E-state index in [0.717, 1.165) is 44.2 Å². The lowest BCUT2D eigenvalue weighted by atomic mass is 10.1. The van der Waals surface area contributed by atoms with E-state index in [1.807, 2.05) is 0 Å². The number of esters is 1. The number of alkyl halides is 1. The zero-order chi connectivity index (χ0) is 14.9. The van der Waals surface area contributed by atoms with E-state index in [4.69, 9.17) is 9.47 Å². The van der Waals surface area contributed by atoms with E-state index >= 15 is 0 Å². The third-order valence-electron chi connectivity index (χ3n) is 3.15. The van der Waals surface area contributed by atoms with Crippen molar-refractivity contribution < 1.29 is 14.3 Å². The van der Waals surface area contributed by atoms with Gasteiger partial charge in [0, 0.05) is 18.4 Å². The minimum absolute atomic E-state index is 0.0417. The number of ether oxygens (including phenoxy) is 2. The first-order valence-corrected chi connectivity index (χ1v) is 9.22. The Balaban J connectivity index is 3.13. The molecular weight excluding hydrogens is 320 g/mol. The highest BCUT2D eigenvalue weighted by atomic mass is 79.9. The molecule has 0 saturated heterocycles. The summed E-state index contributed by atoms with van der Waals surface area (Å²) in [5.41, 5.74) is 0. The molecule has 3 nitrogen and oxygen atoms in total. The third-order valence-corrected chi connectivity index (χ3v) is 3.48. The Morgan fingerprint density at radius 1 is 0.850 bits per heavy atom. The van der Waals surface area contributed by atoms with Gasteiger partial charge in [0.05, 0.1) is 13.2 Å². The first kappa shape index (κ1) is 19.9. The van der Waals surface area contributed by atoms with Crippen LogP contribution in [0.5, 0.6) is 0 Å². The summed E-state index contributed by atoms with van der Waals surface area (Å²) in [6.07, 6.45) is 10.9. The van der Waals surface area contributed by atoms with Crippen molar-refractivity contribution in [3.05, 3.63) is 0 Å². The Kier molecular flexibility index (Phi) is 16.9. The molecule has 0 aliphatic rings. The Morgan fingerprint density at radius 3 is 2.25 bits per heavy atom. The van der Waals surface area contributed by atoms with Crippen LogP contribution in [-0.4, -0.2) is 31.1 Å². The van der Waals surface area contributed by atoms with Gasteiger partial charge < -0.3 is 9.47 Å². The summed E-state index contributed by atoms with van der Waals surface area (Å²) in [7, 11) is 0. The van der Waals surface area contributed by atoms with Crippen LogP contribution in [0.2, 0.25) is 0 Å². The zero-order valence-electron chi connectivity index (χ0n) is 13.0. The molecule has 0 amide bonds. The van der Waals surface area contributed by atoms with Crippen LogP contribution in [0, 0.1) is 0 Å². The quantitative estimate of drug-likeness (QED) is 0.240. The van der Waals surface area contributed by atoms with Crippen molar-refractivity contribution in [3.63, 3.8) is 0 Å². The molecule has 0 radical (unpaired) electrons. The van der Waals surface area contributed by atoms with Gasteiger partial charge in [-0.25, -0.2) is 0 Å². The molecule has 0 aliphatic carbocycles. The maximum absolute atomic E-state index is 11.5. The molecule has 4 heteroatoms. The smallest absolute Gasteiger partial charge is 0.305 e. The lowest BCUT2D eigenvalue weighted by Crippen LogP contribution is -2.06. The minimum atomic E-state index is -0.0417. The average Bonchev–Trinajstić information content (AvgIpc) is 2.45. The van der Waals surface area contributed by atoms with Gasteiger partial charge in [-0.3, -0.25) is 4.79 Å². The number of rotatable bonds is 15. The van der Waals surface area contributed by atoms with Crippen LogP contribution in [-0.2, 0) is 14.3 Å². The summed E-state index contributed by atoms with van der Waals surface area (Å²) < 4.78 is 10.6. The van der Waals surface area contributed by atoms with Crippen LogP contribution in [0.1, 0.15) is 71.1 Å². The third kappa shape index (κ3) is 16.0. The summed E-state index contributed by atoms with van der Waals surface area (Å²) in [4.78, 5) is 11.5. The molecule has 0 aliphatic heterocycles. The highest BCUT2D eigenvalue weighted by molar-refractivity contribution is 9.09. The summed E-state index contributed by atoms with van der Waals surface area (Å²) in [5, 5.41) is 0.887. The summed E-state index contributed by atoms with van der Waals surface area (Å²) in [6.45, 7) is 4.37. The molecular formula is C16H31BrO3. The Labute approximate surface area is 132 Å². The van der Waals surface area contributed by atoms with E-state index in [1.54, 1.807) is 0 Å². The summed E-state index contributed by atoms with van der Waals surface area (Å²) >= 11 is 3.31. The van der Waals surface area contributed by atoms with E-state index in [0.29, 0.717) is 13.0 Å². The van der Waals surface area contributed by atoms with Gasteiger partial charge in [-0.15, -0.1) is 0 Å². The molecule has 0 aromatic carbocycles. The first-order chi connectivity index (χ1) is 9.81. The van der Waals surface area contributed by atoms with Crippen molar-refractivity contribution in [2.75, 3.05) is 25.2 Å². The SMILES string of the molecule is CCCCCCCCOC(=O)CCCCCOCCBr. The van der Waals surface area contributed by atoms with Gasteiger partial charge in [-0.1, -0.05) is 61.4 Å². The molecule has 0 saturated carbocycles. The van der Waals surface area contributed by atoms with Crippen LogP contribution in [0.4, 0.5) is 0 Å². The van der Waals surface area contributed by atoms with Gasteiger partial charge in [-0.05, 0) is 19.3 Å². The van der Waals surface area contributed by atoms with Crippen molar-refractivity contribution in [3.8, 4) is 0 Å². The van der Waals surface area contributed by atoms with E-state index in [2.05, 4.69) is 22.9 Å². The molecule has 0 N–H and O–H groups in total. The van der Waals surface area contributed by atoms with Crippen LogP contribution < -0.4 is 0 Å². The Bertz CT molecular complexity index is 190. The molecule has 20 heavy (non-hydrogen) atoms. The fourth-order valence-electron chi connectivity index (χ4n) is 1.95. The number of carbonyl (C=O) groups is 1. The number of halogens is 1. The highest BCUT2D eigenvalue weighted by Gasteiger charge is 2.02. The number of carbonyl (C=O) groups excluding carboxylic acids is 1. The Morgan fingerprint density at radius 2 is 1.50 bits per heavy atom. The molecule has 0 fully saturated rings. The lowest BCUT2D eigenvalue weighted by molar-refractivity contribution is -0.143. The molecule has 0 bridgehead atoms. The fraction of sp³-hybridized carbons (Fsp3) is 0.938. The second kappa shape index (κ2) is 17.0. The fourth-order valence-corrected chi connectivity index (χ4v) is 2.18. The van der Waals surface area contributed by atoms with E-state index < -0.39 is 0 Å². The number of hydrogen-bond donors (Lipinski definition) is 0. The molecule has 0 aromatic rings. The molecule has 0 spiro atoms. The normalized spacial score (nSPS) is 10.7. The van der Waals surface area contributed by atoms with Crippen LogP contribution in [0.25, 0.3) is 0 Å². The lowest BCUT2D eigenvalue weighted by Gasteiger charge is -2.05. The summed E-state index contributed by atoms with van der Waals surface area (Å²) in [6, 6.07) is 0. The van der Waals surface area contributed by atoms with Crippen LogP contribution in [0.3, 0.4) is 0 Å². The minimum Gasteiger partial charge on any atom is -0.466 e. The van der Waals surface area contributed by atoms with Crippen molar-refractivity contribution in [1.29, 1.82) is 0 Å². The van der Waals surface area contributed by atoms with E-state index in [1.165, 1.54) is 32.1 Å². The average molecular weight is 351 g/mol. The predicted molar refractivity (Wildman–Crippen MR) is 87.4 cm³/mol. The van der Waals surface area contributed by atoms with Crippen LogP contribution in [0.15, 0.2) is 0 Å². The van der Waals surface area contributed by atoms with Crippen molar-refractivity contribution in [2.24, 2.45) is 0 Å². The van der Waals surface area contributed by atoms with E-state index in [9.17, 15) is 4.79 Å². The van der Waals surface area contributed by atoms with Gasteiger partial charge in [-0.2, -0.15) is 0 Å². The maximum Gasteiger partial charge on any atom is 0.305 e. The molecule has 120 valence electrons. The second-order valence-corrected chi connectivity index (χ2v) is 5.89. The van der Waals surface area contributed by atoms with Crippen molar-refractivity contribution >= 4 is 21.9 Å². The van der Waals surface area contributed by atoms with Gasteiger partial charge in [0.25, 0.3) is 0 Å². The van der Waals surface area contributed by atoms with Gasteiger partial charge in [0.15, 0.2) is 0 Å². The second-order valence-electron chi connectivity index (χ2n) is 5.10. The number of unbranched alkanes of at least 4 members (excludes halogenated alkanes) is 7. The highest BCUT2D eigenvalue weighted by Crippen LogP contribution is 2.06. The summed E-state index contributed by atoms with van der Waals surface area (Å²) in [5.74, 6) is -0.0417. The Hall–Kier alpha value is -0.0900. The molecule has 0 rings (SSSR count). The molecule has 0 unspecified atom stereocenters. The monoisotopic (exact) mass is 350 g/mol. The van der Waals surface area contributed by atoms with Gasteiger partial charge >= 0.3 is 5.97 Å². The molecule has 0 atom stereocenters. The molecule has 0 aromatic heterocycles. The molecule has 0 heterocycles. The predicted octanol–water partition coefficient (Wildman–Crippen LogP) is 4.86. The van der Waals surface area contributed by atoms with E-state index in [-0.39, 0.29) is 5.97 Å². The standard InChI is InChI=1S/C16H31BrO3/c1-2-3-4-5-6-10-14-20-16(18)11-8-7-9-13-19-15-12-17/h2-15H2,1H3. The zero-order valence-corrected chi connectivity index (χ0v) is 14.6. The van der Waals surface area contributed by atoms with Crippen molar-refractivity contribution in [1.82, 2.24) is 0 Å². The maximum atomic E-state index is 11.5. The number of hydrogen-bond acceptors (Lipinski definition) is 3. The van der Waals surface area contributed by atoms with Gasteiger partial charge in [0.1, 0.15) is 0 Å². The van der Waals surface area contributed by atoms with Gasteiger partial charge in [0.2, 0.25) is 0 Å². The first-order valence-electron chi connectivity index (χ1n) is 8.10. The van der Waals surface area contributed by atoms with Crippen LogP contribution >= 0.6 is 15.9 Å². The van der Waals surface area contributed by atoms with Crippen molar-refractivity contribution in [2.45, 2.75) is 71.1 Å². The topological polar surface area (TPSA) is 35.5 Å². The largest absolute Gasteiger partial charge is 0.466 e.